The summed E-state index contributed by atoms with van der Waals surface area (Å²) in [5.41, 5.74) is 4.95. The molecule has 2 aromatic rings. The van der Waals surface area contributed by atoms with E-state index in [-0.39, 0.29) is 10.8 Å². The highest BCUT2D eigenvalue weighted by atomic mass is 32.2. The molecule has 0 aliphatic rings. The Labute approximate surface area is 96.7 Å². The zero-order valence-corrected chi connectivity index (χ0v) is 9.33. The number of nitrogens with one attached hydrogen (secondary N) is 2. The first kappa shape index (κ1) is 11.4. The summed E-state index contributed by atoms with van der Waals surface area (Å²) in [5, 5.41) is 0. The molecule has 2 rings (SSSR count). The van der Waals surface area contributed by atoms with Crippen molar-refractivity contribution >= 4 is 21.7 Å². The molecule has 0 fully saturated rings. The highest BCUT2D eigenvalue weighted by Crippen LogP contribution is 2.22. The fourth-order valence-electron chi connectivity index (χ4n) is 1.25. The average Bonchev–Trinajstić information content (AvgIpc) is 2.73. The van der Waals surface area contributed by atoms with Gasteiger partial charge in [-0.1, -0.05) is 6.07 Å². The van der Waals surface area contributed by atoms with Gasteiger partial charge in [0, 0.05) is 12.4 Å². The van der Waals surface area contributed by atoms with Crippen molar-refractivity contribution in [2.24, 2.45) is 0 Å². The summed E-state index contributed by atoms with van der Waals surface area (Å²) in [6.45, 7) is 0. The van der Waals surface area contributed by atoms with E-state index in [9.17, 15) is 12.8 Å². The lowest BCUT2D eigenvalue weighted by atomic mass is 10.3. The van der Waals surface area contributed by atoms with E-state index in [1.165, 1.54) is 24.5 Å². The predicted octanol–water partition coefficient (Wildman–Crippen LogP) is 0.932. The van der Waals surface area contributed by atoms with Crippen molar-refractivity contribution in [3.8, 4) is 0 Å². The van der Waals surface area contributed by atoms with Gasteiger partial charge in [0.1, 0.15) is 10.7 Å². The Kier molecular flexibility index (Phi) is 2.72. The number of benzene rings is 1. The van der Waals surface area contributed by atoms with Crippen LogP contribution in [-0.2, 0) is 10.0 Å². The van der Waals surface area contributed by atoms with Crippen molar-refractivity contribution in [2.75, 3.05) is 10.5 Å². The first-order valence-electron chi connectivity index (χ1n) is 4.57. The van der Waals surface area contributed by atoms with E-state index >= 15 is 0 Å². The molecule has 6 nitrogen and oxygen atoms in total. The number of hydrogen-bond donors (Lipinski definition) is 3. The van der Waals surface area contributed by atoms with Crippen LogP contribution >= 0.6 is 0 Å². The third-order valence-corrected chi connectivity index (χ3v) is 3.43. The third kappa shape index (κ3) is 2.21. The quantitative estimate of drug-likeness (QED) is 0.711. The number of aromatic amines is 1. The molecule has 17 heavy (non-hydrogen) atoms. The number of anilines is 2. The van der Waals surface area contributed by atoms with Crippen LogP contribution in [0, 0.1) is 5.82 Å². The molecule has 0 amide bonds. The third-order valence-electron chi connectivity index (χ3n) is 2.03. The zero-order valence-electron chi connectivity index (χ0n) is 8.51. The summed E-state index contributed by atoms with van der Waals surface area (Å²) in [6, 6.07) is 3.56. The molecule has 0 bridgehead atoms. The number of nitrogens with zero attached hydrogens (tertiary/aromatic N) is 1. The van der Waals surface area contributed by atoms with Crippen molar-refractivity contribution in [3.05, 3.63) is 36.4 Å². The van der Waals surface area contributed by atoms with Gasteiger partial charge in [0.15, 0.2) is 0 Å². The van der Waals surface area contributed by atoms with Crippen LogP contribution in [0.5, 0.6) is 0 Å². The van der Waals surface area contributed by atoms with Gasteiger partial charge >= 0.3 is 0 Å². The maximum Gasteiger partial charge on any atom is 0.266 e. The number of hydrogen-bond acceptors (Lipinski definition) is 4. The number of imidazole rings is 1. The normalized spacial score (nSPS) is 11.4. The number of sulfonamides is 1. The summed E-state index contributed by atoms with van der Waals surface area (Å²) in [7, 11) is -3.95. The van der Waals surface area contributed by atoms with Gasteiger partial charge in [-0.05, 0) is 12.1 Å². The van der Waals surface area contributed by atoms with E-state index in [1.807, 2.05) is 0 Å². The summed E-state index contributed by atoms with van der Waals surface area (Å²) in [4.78, 5) is 5.93. The largest absolute Gasteiger partial charge is 0.395 e. The molecule has 4 N–H and O–H groups in total. The van der Waals surface area contributed by atoms with Crippen molar-refractivity contribution in [3.63, 3.8) is 0 Å². The highest BCUT2D eigenvalue weighted by molar-refractivity contribution is 7.92. The van der Waals surface area contributed by atoms with Crippen LogP contribution in [0.15, 0.2) is 35.5 Å². The minimum atomic E-state index is -3.95. The number of rotatable bonds is 3. The van der Waals surface area contributed by atoms with Gasteiger partial charge in [-0.2, -0.15) is 0 Å². The molecule has 1 heterocycles. The lowest BCUT2D eigenvalue weighted by molar-refractivity contribution is 0.597. The molecule has 0 spiro atoms. The molecule has 0 atom stereocenters. The van der Waals surface area contributed by atoms with Gasteiger partial charge in [-0.25, -0.2) is 22.5 Å². The predicted molar refractivity (Wildman–Crippen MR) is 60.2 cm³/mol. The molecule has 0 radical (unpaired) electrons. The average molecular weight is 256 g/mol. The van der Waals surface area contributed by atoms with Gasteiger partial charge in [0.05, 0.1) is 5.69 Å². The van der Waals surface area contributed by atoms with Gasteiger partial charge in [-0.15, -0.1) is 0 Å². The van der Waals surface area contributed by atoms with E-state index in [4.69, 9.17) is 5.73 Å². The van der Waals surface area contributed by atoms with Crippen LogP contribution in [0.2, 0.25) is 0 Å². The van der Waals surface area contributed by atoms with Crippen molar-refractivity contribution < 1.29 is 12.8 Å². The number of H-pyrrole nitrogens is 1. The van der Waals surface area contributed by atoms with Gasteiger partial charge in [0.25, 0.3) is 10.0 Å². The lowest BCUT2D eigenvalue weighted by Crippen LogP contribution is -2.16. The minimum Gasteiger partial charge on any atom is -0.395 e. The van der Waals surface area contributed by atoms with Crippen molar-refractivity contribution in [1.82, 2.24) is 9.97 Å². The van der Waals surface area contributed by atoms with E-state index in [1.54, 1.807) is 0 Å². The Hall–Kier alpha value is -2.09. The molecule has 0 saturated carbocycles. The Morgan fingerprint density at radius 3 is 2.82 bits per heavy atom. The second-order valence-electron chi connectivity index (χ2n) is 3.19. The molecular formula is C9H9FN4O2S. The summed E-state index contributed by atoms with van der Waals surface area (Å²) >= 11 is 0. The Bertz CT molecular complexity index is 624. The molecule has 1 aromatic carbocycles. The van der Waals surface area contributed by atoms with E-state index in [2.05, 4.69) is 14.7 Å². The minimum absolute atomic E-state index is 0.0358. The smallest absolute Gasteiger partial charge is 0.266 e. The van der Waals surface area contributed by atoms with Crippen molar-refractivity contribution in [1.29, 1.82) is 0 Å². The first-order valence-corrected chi connectivity index (χ1v) is 6.05. The second-order valence-corrected chi connectivity index (χ2v) is 4.85. The second kappa shape index (κ2) is 4.06. The van der Waals surface area contributed by atoms with E-state index < -0.39 is 21.5 Å². The molecule has 1 aromatic heterocycles. The molecular weight excluding hydrogens is 247 g/mol. The number of aromatic nitrogens is 2. The first-order chi connectivity index (χ1) is 8.00. The molecule has 0 aliphatic carbocycles. The van der Waals surface area contributed by atoms with E-state index in [0.717, 1.165) is 6.07 Å². The van der Waals surface area contributed by atoms with Crippen LogP contribution in [0.3, 0.4) is 0 Å². The monoisotopic (exact) mass is 256 g/mol. The number of nitrogen functional groups attached to an aromatic ring is 1. The maximum absolute atomic E-state index is 13.1. The van der Waals surface area contributed by atoms with Gasteiger partial charge in [0.2, 0.25) is 5.95 Å². The molecule has 8 heteroatoms. The van der Waals surface area contributed by atoms with Crippen LogP contribution in [0.4, 0.5) is 16.0 Å². The Morgan fingerprint density at radius 1 is 1.41 bits per heavy atom. The zero-order chi connectivity index (χ0) is 12.5. The highest BCUT2D eigenvalue weighted by Gasteiger charge is 2.20. The Morgan fingerprint density at radius 2 is 2.18 bits per heavy atom. The summed E-state index contributed by atoms with van der Waals surface area (Å²) in [5.74, 6) is -0.749. The van der Waals surface area contributed by atoms with Crippen molar-refractivity contribution in [2.45, 2.75) is 4.90 Å². The Balaban J connectivity index is 2.42. The number of para-hydroxylation sites is 1. The maximum atomic E-state index is 13.1. The molecule has 90 valence electrons. The molecule has 0 aliphatic heterocycles. The standard InChI is InChI=1S/C9H9FN4O2S/c10-6-2-1-3-7(8(6)11)17(15,16)14-9-12-4-5-13-9/h1-5H,11H2,(H2,12,13,14). The van der Waals surface area contributed by atoms with Crippen LogP contribution < -0.4 is 10.5 Å². The molecule has 0 saturated heterocycles. The van der Waals surface area contributed by atoms with Crippen LogP contribution in [0.25, 0.3) is 0 Å². The molecule has 0 unspecified atom stereocenters. The SMILES string of the molecule is Nc1c(F)cccc1S(=O)(=O)Nc1ncc[nH]1. The number of halogens is 1. The summed E-state index contributed by atoms with van der Waals surface area (Å²) < 4.78 is 39.0. The summed E-state index contributed by atoms with van der Waals surface area (Å²) in [6.07, 6.45) is 2.83. The van der Waals surface area contributed by atoms with Gasteiger partial charge in [-0.3, -0.25) is 0 Å². The number of nitrogens with two attached hydrogens (primary N) is 1. The lowest BCUT2D eigenvalue weighted by Gasteiger charge is -2.08. The fraction of sp³-hybridized carbons (Fsp3) is 0. The topological polar surface area (TPSA) is 101 Å². The van der Waals surface area contributed by atoms with Gasteiger partial charge < -0.3 is 10.7 Å². The van der Waals surface area contributed by atoms with Crippen LogP contribution in [0.1, 0.15) is 0 Å². The fourth-order valence-corrected chi connectivity index (χ4v) is 2.38. The van der Waals surface area contributed by atoms with E-state index in [0.29, 0.717) is 0 Å². The van der Waals surface area contributed by atoms with Crippen LogP contribution in [-0.4, -0.2) is 18.4 Å².